The van der Waals surface area contributed by atoms with Crippen molar-refractivity contribution in [3.63, 3.8) is 0 Å². The summed E-state index contributed by atoms with van der Waals surface area (Å²) in [7, 11) is 0. The quantitative estimate of drug-likeness (QED) is 0.789. The Labute approximate surface area is 116 Å². The third-order valence-electron chi connectivity index (χ3n) is 2.68. The van der Waals surface area contributed by atoms with Crippen molar-refractivity contribution in [2.24, 2.45) is 0 Å². The van der Waals surface area contributed by atoms with Crippen molar-refractivity contribution < 1.29 is 9.90 Å². The summed E-state index contributed by atoms with van der Waals surface area (Å²) in [5.74, 6) is -1.06. The molecule has 0 aliphatic rings. The zero-order valence-corrected chi connectivity index (χ0v) is 11.2. The zero-order valence-electron chi connectivity index (χ0n) is 9.62. The smallest absolute Gasteiger partial charge is 0.356 e. The number of carboxylic acids is 1. The summed E-state index contributed by atoms with van der Waals surface area (Å²) in [6.07, 6.45) is 1.40. The molecule has 0 radical (unpaired) electrons. The minimum atomic E-state index is -1.06. The summed E-state index contributed by atoms with van der Waals surface area (Å²) in [5, 5.41) is 13.2. The van der Waals surface area contributed by atoms with Gasteiger partial charge in [-0.3, -0.25) is 0 Å². The van der Waals surface area contributed by atoms with E-state index in [1.807, 2.05) is 30.3 Å². The van der Waals surface area contributed by atoms with E-state index >= 15 is 0 Å². The van der Waals surface area contributed by atoms with Crippen LogP contribution in [0.4, 0.5) is 0 Å². The first-order chi connectivity index (χ1) is 9.13. The Bertz CT molecular complexity index is 765. The van der Waals surface area contributed by atoms with Crippen LogP contribution in [0.25, 0.3) is 16.9 Å². The molecule has 0 saturated carbocycles. The highest BCUT2D eigenvalue weighted by atomic mass is 79.9. The molecule has 0 aliphatic carbocycles. The highest BCUT2D eigenvalue weighted by Gasteiger charge is 2.10. The molecule has 1 aromatic carbocycles. The Hall–Kier alpha value is -2.21. The second kappa shape index (κ2) is 4.47. The lowest BCUT2D eigenvalue weighted by Gasteiger charge is -2.01. The normalized spacial score (nSPS) is 10.8. The van der Waals surface area contributed by atoms with Gasteiger partial charge in [0.1, 0.15) is 0 Å². The molecule has 19 heavy (non-hydrogen) atoms. The van der Waals surface area contributed by atoms with Crippen LogP contribution in [0, 0.1) is 0 Å². The molecule has 5 nitrogen and oxygen atoms in total. The Kier molecular flexibility index (Phi) is 2.79. The van der Waals surface area contributed by atoms with Crippen LogP contribution in [-0.2, 0) is 0 Å². The van der Waals surface area contributed by atoms with Crippen molar-refractivity contribution in [2.75, 3.05) is 0 Å². The molecule has 0 spiro atoms. The fourth-order valence-corrected chi connectivity index (χ4v) is 2.02. The lowest BCUT2D eigenvalue weighted by molar-refractivity contribution is 0.0691. The van der Waals surface area contributed by atoms with Crippen LogP contribution in [-0.4, -0.2) is 25.7 Å². The summed E-state index contributed by atoms with van der Waals surface area (Å²) in [6, 6.07) is 11.3. The summed E-state index contributed by atoms with van der Waals surface area (Å²) in [6.45, 7) is 0. The molecule has 6 heteroatoms. The molecule has 0 atom stereocenters. The van der Waals surface area contributed by atoms with Gasteiger partial charge in [-0.15, -0.1) is 0 Å². The lowest BCUT2D eigenvalue weighted by atomic mass is 10.1. The second-order valence-corrected chi connectivity index (χ2v) is 4.88. The number of carboxylic acid groups (broad SMARTS) is 1. The lowest BCUT2D eigenvalue weighted by Crippen LogP contribution is -1.95. The molecular formula is C13H8BrN3O2. The number of fused-ring (bicyclic) bond motifs is 1. The van der Waals surface area contributed by atoms with Crippen molar-refractivity contribution in [3.05, 3.63) is 52.8 Å². The molecule has 94 valence electrons. The molecule has 0 unspecified atom stereocenters. The van der Waals surface area contributed by atoms with Gasteiger partial charge in [-0.25, -0.2) is 14.3 Å². The molecule has 0 bridgehead atoms. The number of rotatable bonds is 2. The third kappa shape index (κ3) is 2.22. The van der Waals surface area contributed by atoms with Gasteiger partial charge in [-0.2, -0.15) is 5.10 Å². The molecular weight excluding hydrogens is 310 g/mol. The highest BCUT2D eigenvalue weighted by Crippen LogP contribution is 2.20. The number of benzene rings is 1. The Balaban J connectivity index is 2.10. The van der Waals surface area contributed by atoms with Gasteiger partial charge in [0.15, 0.2) is 11.3 Å². The largest absolute Gasteiger partial charge is 0.476 e. The van der Waals surface area contributed by atoms with E-state index in [1.54, 1.807) is 6.07 Å². The summed E-state index contributed by atoms with van der Waals surface area (Å²) < 4.78 is 2.47. The van der Waals surface area contributed by atoms with Gasteiger partial charge in [0.2, 0.25) is 0 Å². The Morgan fingerprint density at radius 3 is 2.58 bits per heavy atom. The molecule has 0 fully saturated rings. The van der Waals surface area contributed by atoms with Crippen LogP contribution in [0.3, 0.4) is 0 Å². The van der Waals surface area contributed by atoms with Crippen molar-refractivity contribution in [1.82, 2.24) is 14.6 Å². The standard InChI is InChI=1S/C13H8BrN3O2/c14-9-3-1-8(2-4-9)10-5-6-12-15-11(13(18)19)7-17(12)16-10/h1-7H,(H,18,19). The number of hydrogen-bond acceptors (Lipinski definition) is 3. The Morgan fingerprint density at radius 1 is 1.16 bits per heavy atom. The number of imidazole rings is 1. The predicted molar refractivity (Wildman–Crippen MR) is 73.1 cm³/mol. The van der Waals surface area contributed by atoms with Gasteiger partial charge in [-0.05, 0) is 24.3 Å². The van der Waals surface area contributed by atoms with E-state index < -0.39 is 5.97 Å². The number of aromatic carboxylic acids is 1. The first-order valence-electron chi connectivity index (χ1n) is 5.49. The molecule has 0 amide bonds. The summed E-state index contributed by atoms with van der Waals surface area (Å²) in [5.41, 5.74) is 2.21. The van der Waals surface area contributed by atoms with E-state index in [0.717, 1.165) is 15.7 Å². The van der Waals surface area contributed by atoms with Crippen LogP contribution in [0.1, 0.15) is 10.5 Å². The minimum absolute atomic E-state index is 0.0135. The van der Waals surface area contributed by atoms with Crippen molar-refractivity contribution in [1.29, 1.82) is 0 Å². The van der Waals surface area contributed by atoms with Gasteiger partial charge in [0.05, 0.1) is 11.9 Å². The first-order valence-corrected chi connectivity index (χ1v) is 6.28. The monoisotopic (exact) mass is 317 g/mol. The van der Waals surface area contributed by atoms with Gasteiger partial charge in [0, 0.05) is 10.0 Å². The van der Waals surface area contributed by atoms with Gasteiger partial charge < -0.3 is 5.11 Å². The molecule has 0 aliphatic heterocycles. The first kappa shape index (κ1) is 11.9. The van der Waals surface area contributed by atoms with Gasteiger partial charge >= 0.3 is 5.97 Å². The number of hydrogen-bond donors (Lipinski definition) is 1. The van der Waals surface area contributed by atoms with Crippen LogP contribution >= 0.6 is 15.9 Å². The molecule has 2 heterocycles. The highest BCUT2D eigenvalue weighted by molar-refractivity contribution is 9.10. The topological polar surface area (TPSA) is 67.5 Å². The number of aromatic nitrogens is 3. The van der Waals surface area contributed by atoms with E-state index in [0.29, 0.717) is 5.65 Å². The fraction of sp³-hybridized carbons (Fsp3) is 0. The SMILES string of the molecule is O=C(O)c1cn2nc(-c3ccc(Br)cc3)ccc2n1. The van der Waals surface area contributed by atoms with Crippen molar-refractivity contribution in [2.45, 2.75) is 0 Å². The van der Waals surface area contributed by atoms with Gasteiger partial charge in [-0.1, -0.05) is 28.1 Å². The molecule has 2 aromatic heterocycles. The number of nitrogens with zero attached hydrogens (tertiary/aromatic N) is 3. The van der Waals surface area contributed by atoms with Crippen LogP contribution in [0.15, 0.2) is 47.1 Å². The second-order valence-electron chi connectivity index (χ2n) is 3.96. The minimum Gasteiger partial charge on any atom is -0.476 e. The van der Waals surface area contributed by atoms with E-state index in [2.05, 4.69) is 26.0 Å². The summed E-state index contributed by atoms with van der Waals surface area (Å²) in [4.78, 5) is 14.8. The molecule has 3 aromatic rings. The molecule has 1 N–H and O–H groups in total. The Morgan fingerprint density at radius 2 is 1.89 bits per heavy atom. The maximum absolute atomic E-state index is 10.9. The zero-order chi connectivity index (χ0) is 13.4. The van der Waals surface area contributed by atoms with Crippen molar-refractivity contribution >= 4 is 27.5 Å². The predicted octanol–water partition coefficient (Wildman–Crippen LogP) is 2.86. The van der Waals surface area contributed by atoms with E-state index in [1.165, 1.54) is 10.7 Å². The number of halogens is 1. The van der Waals surface area contributed by atoms with E-state index in [9.17, 15) is 4.79 Å². The van der Waals surface area contributed by atoms with Gasteiger partial charge in [0.25, 0.3) is 0 Å². The average Bonchev–Trinajstić information content (AvgIpc) is 2.82. The summed E-state index contributed by atoms with van der Waals surface area (Å²) >= 11 is 3.38. The molecule has 0 saturated heterocycles. The maximum Gasteiger partial charge on any atom is 0.356 e. The maximum atomic E-state index is 10.9. The third-order valence-corrected chi connectivity index (χ3v) is 3.21. The number of carbonyl (C=O) groups is 1. The fourth-order valence-electron chi connectivity index (χ4n) is 1.76. The van der Waals surface area contributed by atoms with E-state index in [-0.39, 0.29) is 5.69 Å². The van der Waals surface area contributed by atoms with Crippen LogP contribution < -0.4 is 0 Å². The van der Waals surface area contributed by atoms with Crippen LogP contribution in [0.5, 0.6) is 0 Å². The average molecular weight is 318 g/mol. The molecule has 3 rings (SSSR count). The van der Waals surface area contributed by atoms with E-state index in [4.69, 9.17) is 5.11 Å². The van der Waals surface area contributed by atoms with Crippen molar-refractivity contribution in [3.8, 4) is 11.3 Å². The van der Waals surface area contributed by atoms with Crippen LogP contribution in [0.2, 0.25) is 0 Å².